The van der Waals surface area contributed by atoms with Gasteiger partial charge in [0.1, 0.15) is 0 Å². The number of fused-ring (bicyclic) bond motifs is 2. The lowest BCUT2D eigenvalue weighted by Gasteiger charge is -2.32. The van der Waals surface area contributed by atoms with Crippen LogP contribution in [0.1, 0.15) is 31.0 Å². The number of piperidine rings is 1. The van der Waals surface area contributed by atoms with Crippen molar-refractivity contribution < 1.29 is 10.2 Å². The highest BCUT2D eigenvalue weighted by molar-refractivity contribution is 5.96. The SMILES string of the molecule is C[C@H]1CNCC[C@H]1Nc1c2c(nc3cc(O)c(O)cc13)CCC2. The molecule has 122 valence electrons. The van der Waals surface area contributed by atoms with E-state index in [4.69, 9.17) is 4.98 Å². The molecule has 1 aromatic heterocycles. The maximum atomic E-state index is 9.93. The zero-order valence-corrected chi connectivity index (χ0v) is 13.4. The van der Waals surface area contributed by atoms with Crippen LogP contribution >= 0.6 is 0 Å². The molecule has 2 heterocycles. The molecule has 1 fully saturated rings. The molecule has 0 spiro atoms. The summed E-state index contributed by atoms with van der Waals surface area (Å²) in [4.78, 5) is 4.71. The average Bonchev–Trinajstić information content (AvgIpc) is 2.99. The number of hydrogen-bond acceptors (Lipinski definition) is 5. The third kappa shape index (κ3) is 2.49. The normalized spacial score (nSPS) is 23.9. The minimum atomic E-state index is -0.107. The van der Waals surface area contributed by atoms with Gasteiger partial charge in [-0.15, -0.1) is 0 Å². The van der Waals surface area contributed by atoms with E-state index in [2.05, 4.69) is 17.6 Å². The van der Waals surface area contributed by atoms with Gasteiger partial charge >= 0.3 is 0 Å². The Morgan fingerprint density at radius 3 is 2.87 bits per heavy atom. The molecule has 0 unspecified atom stereocenters. The lowest BCUT2D eigenvalue weighted by molar-refractivity contribution is 0.368. The van der Waals surface area contributed by atoms with Gasteiger partial charge in [-0.3, -0.25) is 4.98 Å². The molecule has 0 bridgehead atoms. The fourth-order valence-electron chi connectivity index (χ4n) is 3.87. The van der Waals surface area contributed by atoms with Gasteiger partial charge in [0.25, 0.3) is 0 Å². The Balaban J connectivity index is 1.84. The Hall–Kier alpha value is -2.01. The topological polar surface area (TPSA) is 77.4 Å². The van der Waals surface area contributed by atoms with E-state index in [0.717, 1.165) is 61.1 Å². The van der Waals surface area contributed by atoms with Crippen LogP contribution in [0, 0.1) is 5.92 Å². The van der Waals surface area contributed by atoms with E-state index in [1.807, 2.05) is 0 Å². The second-order valence-electron chi connectivity index (χ2n) is 6.84. The first-order chi connectivity index (χ1) is 11.1. The molecular weight excluding hydrogens is 290 g/mol. The number of pyridine rings is 1. The van der Waals surface area contributed by atoms with Crippen LogP contribution in [0.25, 0.3) is 10.9 Å². The second-order valence-corrected chi connectivity index (χ2v) is 6.84. The predicted molar refractivity (Wildman–Crippen MR) is 91.2 cm³/mol. The average molecular weight is 313 g/mol. The summed E-state index contributed by atoms with van der Waals surface area (Å²) >= 11 is 0. The Kier molecular flexibility index (Phi) is 3.53. The number of aromatic hydroxyl groups is 2. The quantitative estimate of drug-likeness (QED) is 0.641. The summed E-state index contributed by atoms with van der Waals surface area (Å²) < 4.78 is 0. The van der Waals surface area contributed by atoms with E-state index in [9.17, 15) is 10.2 Å². The van der Waals surface area contributed by atoms with Crippen molar-refractivity contribution in [3.8, 4) is 11.5 Å². The predicted octanol–water partition coefficient (Wildman–Crippen LogP) is 2.54. The number of phenolic OH excluding ortho intramolecular Hbond substituents is 2. The summed E-state index contributed by atoms with van der Waals surface area (Å²) in [5.41, 5.74) is 4.28. The molecule has 0 amide bonds. The van der Waals surface area contributed by atoms with Crippen LogP contribution in [0.2, 0.25) is 0 Å². The number of nitrogens with one attached hydrogen (secondary N) is 2. The molecule has 23 heavy (non-hydrogen) atoms. The standard InChI is InChI=1S/C18H23N3O2/c1-10-9-19-6-5-13(10)21-18-11-3-2-4-14(11)20-15-8-17(23)16(22)7-12(15)18/h7-8,10,13,19,22-23H,2-6,9H2,1H3,(H,20,21)/t10-,13+/m0/s1. The number of aryl methyl sites for hydroxylation is 1. The van der Waals surface area contributed by atoms with Crippen LogP contribution in [0.3, 0.4) is 0 Å². The molecule has 2 aliphatic rings. The van der Waals surface area contributed by atoms with E-state index >= 15 is 0 Å². The van der Waals surface area contributed by atoms with Gasteiger partial charge in [0.05, 0.1) is 5.52 Å². The third-order valence-electron chi connectivity index (χ3n) is 5.22. The van der Waals surface area contributed by atoms with Crippen LogP contribution < -0.4 is 10.6 Å². The van der Waals surface area contributed by atoms with E-state index < -0.39 is 0 Å². The van der Waals surface area contributed by atoms with Crippen LogP contribution in [0.4, 0.5) is 5.69 Å². The number of aromatic nitrogens is 1. The third-order valence-corrected chi connectivity index (χ3v) is 5.22. The number of anilines is 1. The summed E-state index contributed by atoms with van der Waals surface area (Å²) in [5.74, 6) is 0.359. The lowest BCUT2D eigenvalue weighted by Crippen LogP contribution is -2.42. The zero-order chi connectivity index (χ0) is 16.0. The lowest BCUT2D eigenvalue weighted by atomic mass is 9.94. The Morgan fingerprint density at radius 1 is 1.22 bits per heavy atom. The first-order valence-electron chi connectivity index (χ1n) is 8.48. The minimum absolute atomic E-state index is 0.0846. The van der Waals surface area contributed by atoms with E-state index in [1.165, 1.54) is 5.56 Å². The van der Waals surface area contributed by atoms with Crippen molar-refractivity contribution in [2.75, 3.05) is 18.4 Å². The van der Waals surface area contributed by atoms with Gasteiger partial charge in [0.15, 0.2) is 11.5 Å². The Bertz CT molecular complexity index is 760. The molecular formula is C18H23N3O2. The fraction of sp³-hybridized carbons (Fsp3) is 0.500. The summed E-state index contributed by atoms with van der Waals surface area (Å²) in [6.45, 7) is 4.31. The highest BCUT2D eigenvalue weighted by atomic mass is 16.3. The van der Waals surface area contributed by atoms with Crippen molar-refractivity contribution in [3.05, 3.63) is 23.4 Å². The van der Waals surface area contributed by atoms with Gasteiger partial charge < -0.3 is 20.8 Å². The molecule has 1 aliphatic carbocycles. The van der Waals surface area contributed by atoms with Crippen LogP contribution in [0.15, 0.2) is 12.1 Å². The number of rotatable bonds is 2. The highest BCUT2D eigenvalue weighted by Crippen LogP contribution is 2.39. The number of hydrogen-bond donors (Lipinski definition) is 4. The molecule has 1 saturated heterocycles. The highest BCUT2D eigenvalue weighted by Gasteiger charge is 2.26. The monoisotopic (exact) mass is 313 g/mol. The molecule has 4 N–H and O–H groups in total. The second kappa shape index (κ2) is 5.57. The van der Waals surface area contributed by atoms with Crippen molar-refractivity contribution >= 4 is 16.6 Å². The maximum absolute atomic E-state index is 9.93. The fourth-order valence-corrected chi connectivity index (χ4v) is 3.87. The molecule has 0 saturated carbocycles. The summed E-state index contributed by atoms with van der Waals surface area (Å²) in [5, 5.41) is 27.8. The van der Waals surface area contributed by atoms with Gasteiger partial charge in [0.2, 0.25) is 0 Å². The van der Waals surface area contributed by atoms with Gasteiger partial charge in [-0.2, -0.15) is 0 Å². The van der Waals surface area contributed by atoms with E-state index in [0.29, 0.717) is 12.0 Å². The summed E-state index contributed by atoms with van der Waals surface area (Å²) in [7, 11) is 0. The largest absolute Gasteiger partial charge is 0.504 e. The van der Waals surface area contributed by atoms with Gasteiger partial charge in [-0.25, -0.2) is 0 Å². The number of benzene rings is 1. The molecule has 4 rings (SSSR count). The Labute approximate surface area is 135 Å². The van der Waals surface area contributed by atoms with Gasteiger partial charge in [-0.05, 0) is 56.3 Å². The Morgan fingerprint density at radius 2 is 2.04 bits per heavy atom. The van der Waals surface area contributed by atoms with Gasteiger partial charge in [0, 0.05) is 28.9 Å². The first-order valence-corrected chi connectivity index (χ1v) is 8.48. The van der Waals surface area contributed by atoms with Crippen molar-refractivity contribution in [2.24, 2.45) is 5.92 Å². The molecule has 1 aliphatic heterocycles. The molecule has 5 heteroatoms. The number of nitrogens with zero attached hydrogens (tertiary/aromatic N) is 1. The van der Waals surface area contributed by atoms with Gasteiger partial charge in [-0.1, -0.05) is 6.92 Å². The molecule has 1 aromatic carbocycles. The van der Waals surface area contributed by atoms with Crippen LogP contribution in [-0.2, 0) is 12.8 Å². The molecule has 2 aromatic rings. The first kappa shape index (κ1) is 14.6. The smallest absolute Gasteiger partial charge is 0.159 e. The van der Waals surface area contributed by atoms with Crippen molar-refractivity contribution in [2.45, 2.75) is 38.6 Å². The summed E-state index contributed by atoms with van der Waals surface area (Å²) in [6, 6.07) is 3.63. The van der Waals surface area contributed by atoms with E-state index in [-0.39, 0.29) is 11.5 Å². The van der Waals surface area contributed by atoms with E-state index in [1.54, 1.807) is 12.1 Å². The van der Waals surface area contributed by atoms with Crippen molar-refractivity contribution in [1.29, 1.82) is 0 Å². The molecule has 2 atom stereocenters. The minimum Gasteiger partial charge on any atom is -0.504 e. The van der Waals surface area contributed by atoms with Crippen molar-refractivity contribution in [3.63, 3.8) is 0 Å². The number of phenols is 2. The summed E-state index contributed by atoms with van der Waals surface area (Å²) in [6.07, 6.45) is 4.22. The zero-order valence-electron chi connectivity index (χ0n) is 13.4. The maximum Gasteiger partial charge on any atom is 0.159 e. The molecule has 5 nitrogen and oxygen atoms in total. The van der Waals surface area contributed by atoms with Crippen LogP contribution in [-0.4, -0.2) is 34.3 Å². The van der Waals surface area contributed by atoms with Crippen LogP contribution in [0.5, 0.6) is 11.5 Å². The molecule has 0 radical (unpaired) electrons. The van der Waals surface area contributed by atoms with Crippen molar-refractivity contribution in [1.82, 2.24) is 10.3 Å².